The maximum Gasteiger partial charge on any atom is 0.328 e. The van der Waals surface area contributed by atoms with Crippen LogP contribution in [0, 0.1) is 23.0 Å². The van der Waals surface area contributed by atoms with Gasteiger partial charge < -0.3 is 15.4 Å². The van der Waals surface area contributed by atoms with E-state index in [2.05, 4.69) is 10.6 Å². The third-order valence-corrected chi connectivity index (χ3v) is 4.60. The van der Waals surface area contributed by atoms with Crippen LogP contribution >= 0.6 is 0 Å². The van der Waals surface area contributed by atoms with E-state index in [1.165, 1.54) is 24.3 Å². The first-order valence-corrected chi connectivity index (χ1v) is 9.23. The molecular formula is C20H20N4O6. The van der Waals surface area contributed by atoms with Crippen LogP contribution in [-0.2, 0) is 9.59 Å². The van der Waals surface area contributed by atoms with E-state index in [0.29, 0.717) is 17.9 Å². The molecule has 0 saturated carbocycles. The molecule has 0 radical (unpaired) electrons. The molecule has 10 nitrogen and oxygen atoms in total. The van der Waals surface area contributed by atoms with Crippen LogP contribution in [0.2, 0.25) is 0 Å². The van der Waals surface area contributed by atoms with Crippen molar-refractivity contribution in [3.8, 4) is 5.75 Å². The number of para-hydroxylation sites is 1. The number of nitro benzene ring substituents is 1. The fourth-order valence-electron chi connectivity index (χ4n) is 3.10. The Hall–Kier alpha value is -3.95. The summed E-state index contributed by atoms with van der Waals surface area (Å²) in [4.78, 5) is 49.5. The number of anilines is 2. The van der Waals surface area contributed by atoms with Crippen LogP contribution in [0.25, 0.3) is 0 Å². The molecule has 10 heteroatoms. The lowest BCUT2D eigenvalue weighted by Crippen LogP contribution is -2.58. The van der Waals surface area contributed by atoms with Crippen molar-refractivity contribution in [2.75, 3.05) is 23.4 Å². The summed E-state index contributed by atoms with van der Waals surface area (Å²) in [5.41, 5.74) is 0.498. The molecule has 156 valence electrons. The number of hydrogen-bond acceptors (Lipinski definition) is 6. The SMILES string of the molecule is CCOc1ccc(N2C(=O)NCC(C(=O)Nc3c(C)cccc3[N+](=O)[O-])C2=O)cc1. The van der Waals surface area contributed by atoms with E-state index in [1.807, 2.05) is 6.92 Å². The number of nitrogens with zero attached hydrogens (tertiary/aromatic N) is 2. The second-order valence-electron chi connectivity index (χ2n) is 6.55. The van der Waals surface area contributed by atoms with Gasteiger partial charge in [-0.05, 0) is 43.7 Å². The number of aryl methyl sites for hydroxylation is 1. The second kappa shape index (κ2) is 8.60. The Kier molecular flexibility index (Phi) is 5.95. The van der Waals surface area contributed by atoms with Crippen molar-refractivity contribution >= 4 is 34.9 Å². The van der Waals surface area contributed by atoms with E-state index in [0.717, 1.165) is 4.90 Å². The smallest absolute Gasteiger partial charge is 0.328 e. The lowest BCUT2D eigenvalue weighted by molar-refractivity contribution is -0.384. The maximum atomic E-state index is 12.9. The molecule has 0 aliphatic carbocycles. The van der Waals surface area contributed by atoms with Crippen molar-refractivity contribution in [2.45, 2.75) is 13.8 Å². The molecule has 1 atom stereocenters. The van der Waals surface area contributed by atoms with E-state index in [9.17, 15) is 24.5 Å². The molecule has 4 amide bonds. The number of nitro groups is 1. The van der Waals surface area contributed by atoms with Gasteiger partial charge in [-0.2, -0.15) is 0 Å². The van der Waals surface area contributed by atoms with E-state index >= 15 is 0 Å². The van der Waals surface area contributed by atoms with Crippen molar-refractivity contribution in [3.05, 3.63) is 58.1 Å². The van der Waals surface area contributed by atoms with Gasteiger partial charge in [0.25, 0.3) is 5.69 Å². The number of urea groups is 1. The Morgan fingerprint density at radius 3 is 2.60 bits per heavy atom. The number of benzene rings is 2. The molecule has 2 aromatic carbocycles. The van der Waals surface area contributed by atoms with E-state index < -0.39 is 28.7 Å². The molecule has 0 bridgehead atoms. The van der Waals surface area contributed by atoms with Crippen LogP contribution in [0.15, 0.2) is 42.5 Å². The first-order chi connectivity index (χ1) is 14.3. The highest BCUT2D eigenvalue weighted by Gasteiger charge is 2.40. The molecule has 1 fully saturated rings. The van der Waals surface area contributed by atoms with Crippen LogP contribution in [0.3, 0.4) is 0 Å². The number of nitrogens with one attached hydrogen (secondary N) is 2. The summed E-state index contributed by atoms with van der Waals surface area (Å²) in [6.07, 6.45) is 0. The topological polar surface area (TPSA) is 131 Å². The van der Waals surface area contributed by atoms with Crippen LogP contribution in [-0.4, -0.2) is 35.9 Å². The molecule has 0 spiro atoms. The average molecular weight is 412 g/mol. The summed E-state index contributed by atoms with van der Waals surface area (Å²) in [6.45, 7) is 3.70. The van der Waals surface area contributed by atoms with Gasteiger partial charge in [0, 0.05) is 12.6 Å². The Morgan fingerprint density at radius 2 is 1.97 bits per heavy atom. The second-order valence-corrected chi connectivity index (χ2v) is 6.55. The van der Waals surface area contributed by atoms with Crippen molar-refractivity contribution in [1.82, 2.24) is 5.32 Å². The molecule has 0 aromatic heterocycles. The van der Waals surface area contributed by atoms with Crippen molar-refractivity contribution in [1.29, 1.82) is 0 Å². The van der Waals surface area contributed by atoms with E-state index in [4.69, 9.17) is 4.74 Å². The quantitative estimate of drug-likeness (QED) is 0.426. The van der Waals surface area contributed by atoms with Gasteiger partial charge in [0.05, 0.1) is 17.2 Å². The lowest BCUT2D eigenvalue weighted by Gasteiger charge is -2.30. The van der Waals surface area contributed by atoms with E-state index in [-0.39, 0.29) is 23.6 Å². The van der Waals surface area contributed by atoms with Gasteiger partial charge in [0.1, 0.15) is 17.4 Å². The number of rotatable bonds is 6. The minimum absolute atomic E-state index is 0.0183. The zero-order valence-electron chi connectivity index (χ0n) is 16.4. The van der Waals surface area contributed by atoms with Gasteiger partial charge in [-0.3, -0.25) is 19.7 Å². The minimum atomic E-state index is -1.24. The first-order valence-electron chi connectivity index (χ1n) is 9.23. The molecule has 3 rings (SSSR count). The molecule has 2 N–H and O–H groups in total. The summed E-state index contributed by atoms with van der Waals surface area (Å²) < 4.78 is 5.35. The number of carbonyl (C=O) groups excluding carboxylic acids is 3. The normalized spacial score (nSPS) is 16.1. The zero-order valence-corrected chi connectivity index (χ0v) is 16.4. The number of ether oxygens (including phenoxy) is 1. The Labute approximate surface area is 172 Å². The van der Waals surface area contributed by atoms with Crippen LogP contribution in [0.4, 0.5) is 21.9 Å². The van der Waals surface area contributed by atoms with Gasteiger partial charge in [-0.25, -0.2) is 9.69 Å². The summed E-state index contributed by atoms with van der Waals surface area (Å²) in [7, 11) is 0. The highest BCUT2D eigenvalue weighted by molar-refractivity contribution is 6.23. The van der Waals surface area contributed by atoms with Gasteiger partial charge in [0.2, 0.25) is 11.8 Å². The zero-order chi connectivity index (χ0) is 21.8. The summed E-state index contributed by atoms with van der Waals surface area (Å²) >= 11 is 0. The predicted octanol–water partition coefficient (Wildman–Crippen LogP) is 2.61. The predicted molar refractivity (Wildman–Crippen MR) is 108 cm³/mol. The molecule has 1 unspecified atom stereocenters. The van der Waals surface area contributed by atoms with Gasteiger partial charge >= 0.3 is 6.03 Å². The summed E-state index contributed by atoms with van der Waals surface area (Å²) in [5, 5.41) is 16.2. The standard InChI is InChI=1S/C20H20N4O6/c1-3-30-14-9-7-13(8-10-14)23-19(26)15(11-21-20(23)27)18(25)22-17-12(2)5-4-6-16(17)24(28)29/h4-10,15H,3,11H2,1-2H3,(H,21,27)(H,22,25). The number of amides is 4. The number of hydrogen-bond donors (Lipinski definition) is 2. The Morgan fingerprint density at radius 1 is 1.27 bits per heavy atom. The molecule has 1 aliphatic heterocycles. The highest BCUT2D eigenvalue weighted by atomic mass is 16.6. The number of imide groups is 1. The fourth-order valence-corrected chi connectivity index (χ4v) is 3.10. The third kappa shape index (κ3) is 4.07. The molecule has 2 aromatic rings. The number of carbonyl (C=O) groups is 3. The minimum Gasteiger partial charge on any atom is -0.494 e. The van der Waals surface area contributed by atoms with Gasteiger partial charge in [-0.15, -0.1) is 0 Å². The van der Waals surface area contributed by atoms with Gasteiger partial charge in [-0.1, -0.05) is 12.1 Å². The highest BCUT2D eigenvalue weighted by Crippen LogP contribution is 2.29. The summed E-state index contributed by atoms with van der Waals surface area (Å²) in [5.74, 6) is -2.13. The van der Waals surface area contributed by atoms with Crippen molar-refractivity contribution < 1.29 is 24.0 Å². The van der Waals surface area contributed by atoms with Crippen LogP contribution in [0.5, 0.6) is 5.75 Å². The summed E-state index contributed by atoms with van der Waals surface area (Å²) in [6, 6.07) is 10.0. The lowest BCUT2D eigenvalue weighted by atomic mass is 10.0. The fraction of sp³-hybridized carbons (Fsp3) is 0.250. The molecule has 30 heavy (non-hydrogen) atoms. The average Bonchev–Trinajstić information content (AvgIpc) is 2.70. The molecule has 1 heterocycles. The molecule has 1 aliphatic rings. The third-order valence-electron chi connectivity index (χ3n) is 4.60. The largest absolute Gasteiger partial charge is 0.494 e. The van der Waals surface area contributed by atoms with Crippen LogP contribution < -0.4 is 20.3 Å². The van der Waals surface area contributed by atoms with E-state index in [1.54, 1.807) is 25.1 Å². The van der Waals surface area contributed by atoms with Crippen molar-refractivity contribution in [2.24, 2.45) is 5.92 Å². The Balaban J connectivity index is 1.84. The first kappa shape index (κ1) is 20.8. The van der Waals surface area contributed by atoms with Gasteiger partial charge in [0.15, 0.2) is 0 Å². The Bertz CT molecular complexity index is 1000. The van der Waals surface area contributed by atoms with Crippen molar-refractivity contribution in [3.63, 3.8) is 0 Å². The molecular weight excluding hydrogens is 392 g/mol. The van der Waals surface area contributed by atoms with Crippen LogP contribution in [0.1, 0.15) is 12.5 Å². The monoisotopic (exact) mass is 412 g/mol. The maximum absolute atomic E-state index is 12.9. The molecule has 1 saturated heterocycles.